The van der Waals surface area contributed by atoms with Gasteiger partial charge in [0.05, 0.1) is 25.0 Å². The van der Waals surface area contributed by atoms with E-state index in [1.54, 1.807) is 25.8 Å². The van der Waals surface area contributed by atoms with Crippen LogP contribution in [0.15, 0.2) is 59.3 Å². The quantitative estimate of drug-likeness (QED) is 0.268. The first-order valence-electron chi connectivity index (χ1n) is 9.45. The van der Waals surface area contributed by atoms with Crippen molar-refractivity contribution >= 4 is 34.0 Å². The molecule has 0 spiro atoms. The van der Waals surface area contributed by atoms with Gasteiger partial charge in [-0.3, -0.25) is 0 Å². The Kier molecular flexibility index (Phi) is 6.99. The summed E-state index contributed by atoms with van der Waals surface area (Å²) in [6.45, 7) is 1.67. The Morgan fingerprint density at radius 2 is 1.83 bits per heavy atom. The van der Waals surface area contributed by atoms with Crippen molar-refractivity contribution < 1.29 is 19.4 Å². The summed E-state index contributed by atoms with van der Waals surface area (Å²) in [4.78, 5) is 16.7. The second-order valence-electron chi connectivity index (χ2n) is 6.81. The van der Waals surface area contributed by atoms with Crippen LogP contribution >= 0.6 is 11.8 Å². The molecule has 0 radical (unpaired) electrons. The molecule has 6 heteroatoms. The van der Waals surface area contributed by atoms with Gasteiger partial charge >= 0.3 is 5.97 Å². The van der Waals surface area contributed by atoms with E-state index in [0.717, 1.165) is 34.9 Å². The lowest BCUT2D eigenvalue weighted by atomic mass is 10.00. The first-order valence-corrected chi connectivity index (χ1v) is 10.4. The smallest absolute Gasteiger partial charge is 0.339 e. The van der Waals surface area contributed by atoms with Crippen molar-refractivity contribution in [3.05, 3.63) is 65.4 Å². The summed E-state index contributed by atoms with van der Waals surface area (Å²) in [5.41, 5.74) is 2.74. The molecule has 1 aliphatic carbocycles. The van der Waals surface area contributed by atoms with Crippen LogP contribution in [0.2, 0.25) is 0 Å². The molecule has 2 aromatic carbocycles. The van der Waals surface area contributed by atoms with E-state index in [1.807, 2.05) is 48.5 Å². The van der Waals surface area contributed by atoms with Crippen LogP contribution in [-0.4, -0.2) is 30.3 Å². The van der Waals surface area contributed by atoms with E-state index in [2.05, 4.69) is 0 Å². The van der Waals surface area contributed by atoms with Gasteiger partial charge in [-0.25, -0.2) is 9.79 Å². The van der Waals surface area contributed by atoms with Crippen molar-refractivity contribution in [3.63, 3.8) is 0 Å². The lowest BCUT2D eigenvalue weighted by molar-refractivity contribution is -0.130. The number of rotatable bonds is 8. The number of allylic oxidation sites excluding steroid dienone is 1. The number of benzene rings is 2. The van der Waals surface area contributed by atoms with Crippen LogP contribution in [-0.2, 0) is 15.3 Å². The molecule has 0 amide bonds. The first kappa shape index (κ1) is 21.0. The minimum atomic E-state index is -0.990. The summed E-state index contributed by atoms with van der Waals surface area (Å²) in [5, 5.41) is 10.8. The Bertz CT molecular complexity index is 930. The molecule has 1 saturated carbocycles. The molecule has 0 aliphatic heterocycles. The van der Waals surface area contributed by atoms with Gasteiger partial charge in [0.15, 0.2) is 0 Å². The van der Waals surface area contributed by atoms with Gasteiger partial charge in [-0.1, -0.05) is 24.3 Å². The number of carboxylic acids is 1. The van der Waals surface area contributed by atoms with Crippen LogP contribution in [0.4, 0.5) is 5.69 Å². The van der Waals surface area contributed by atoms with Crippen LogP contribution in [0.25, 0.3) is 5.57 Å². The van der Waals surface area contributed by atoms with Gasteiger partial charge in [0.2, 0.25) is 0 Å². The highest BCUT2D eigenvalue weighted by molar-refractivity contribution is 8.13. The first-order chi connectivity index (χ1) is 14.0. The molecular weight excluding hydrogens is 386 g/mol. The van der Waals surface area contributed by atoms with E-state index >= 15 is 0 Å². The van der Waals surface area contributed by atoms with Gasteiger partial charge in [-0.15, -0.1) is 11.8 Å². The number of aliphatic imine (C=N–C) groups is 1. The Hall–Kier alpha value is -2.73. The lowest BCUT2D eigenvalue weighted by Gasteiger charge is -2.13. The fraction of sp³-hybridized carbons (Fsp3) is 0.304. The van der Waals surface area contributed by atoms with E-state index in [-0.39, 0.29) is 5.57 Å². The second-order valence-corrected chi connectivity index (χ2v) is 7.80. The maximum absolute atomic E-state index is 11.8. The molecule has 0 unspecified atom stereocenters. The average Bonchev–Trinajstić information content (AvgIpc) is 3.57. The summed E-state index contributed by atoms with van der Waals surface area (Å²) in [6, 6.07) is 15.3. The van der Waals surface area contributed by atoms with E-state index in [1.165, 1.54) is 7.11 Å². The number of ether oxygens (including phenoxy) is 2. The highest BCUT2D eigenvalue weighted by Crippen LogP contribution is 2.38. The predicted octanol–water partition coefficient (Wildman–Crippen LogP) is 5.53. The topological polar surface area (TPSA) is 68.1 Å². The number of hydrogen-bond acceptors (Lipinski definition) is 5. The molecule has 0 bridgehead atoms. The number of aliphatic carboxylic acids is 1. The molecule has 1 fully saturated rings. The Morgan fingerprint density at radius 1 is 1.14 bits per heavy atom. The van der Waals surface area contributed by atoms with Gasteiger partial charge in [0.25, 0.3) is 0 Å². The van der Waals surface area contributed by atoms with Crippen molar-refractivity contribution in [3.8, 4) is 5.75 Å². The van der Waals surface area contributed by atoms with Crippen molar-refractivity contribution in [2.45, 2.75) is 25.5 Å². The summed E-state index contributed by atoms with van der Waals surface area (Å²) in [7, 11) is 3.13. The molecule has 5 nitrogen and oxygen atoms in total. The number of hydrogen-bond donors (Lipinski definition) is 1. The maximum Gasteiger partial charge on any atom is 0.339 e. The Labute approximate surface area is 175 Å². The highest BCUT2D eigenvalue weighted by atomic mass is 32.2. The maximum atomic E-state index is 11.8. The van der Waals surface area contributed by atoms with Crippen molar-refractivity contribution in [2.75, 3.05) is 14.2 Å². The van der Waals surface area contributed by atoms with Crippen LogP contribution in [0.1, 0.15) is 30.9 Å². The zero-order valence-corrected chi connectivity index (χ0v) is 17.7. The van der Waals surface area contributed by atoms with Crippen LogP contribution in [0.3, 0.4) is 0 Å². The van der Waals surface area contributed by atoms with E-state index in [4.69, 9.17) is 14.5 Å². The summed E-state index contributed by atoms with van der Waals surface area (Å²) < 4.78 is 10.4. The zero-order valence-electron chi connectivity index (χ0n) is 16.8. The molecule has 2 aromatic rings. The largest absolute Gasteiger partial charge is 0.500 e. The minimum Gasteiger partial charge on any atom is -0.500 e. The van der Waals surface area contributed by atoms with Crippen LogP contribution in [0.5, 0.6) is 5.75 Å². The van der Waals surface area contributed by atoms with Crippen LogP contribution < -0.4 is 4.74 Å². The third-order valence-electron chi connectivity index (χ3n) is 4.77. The molecule has 1 aliphatic rings. The molecule has 0 aromatic heterocycles. The van der Waals surface area contributed by atoms with Gasteiger partial charge in [0.1, 0.15) is 17.1 Å². The Morgan fingerprint density at radius 3 is 2.41 bits per heavy atom. The lowest BCUT2D eigenvalue weighted by Crippen LogP contribution is -2.07. The number of nitrogens with zero attached hydrogens (tertiary/aromatic N) is 1. The van der Waals surface area contributed by atoms with Gasteiger partial charge < -0.3 is 14.6 Å². The molecule has 3 rings (SSSR count). The Balaban J connectivity index is 1.84. The fourth-order valence-corrected chi connectivity index (χ4v) is 4.15. The van der Waals surface area contributed by atoms with Gasteiger partial charge in [-0.2, -0.15) is 0 Å². The molecule has 0 heterocycles. The van der Waals surface area contributed by atoms with E-state index < -0.39 is 5.97 Å². The second kappa shape index (κ2) is 9.65. The summed E-state index contributed by atoms with van der Waals surface area (Å²) >= 11 is 1.68. The number of carbonyl (C=O) groups is 1. The number of thioether (sulfide) groups is 1. The number of carboxylic acid groups (broad SMARTS) is 1. The highest BCUT2D eigenvalue weighted by Gasteiger charge is 2.28. The zero-order chi connectivity index (χ0) is 20.8. The molecule has 0 saturated heterocycles. The van der Waals surface area contributed by atoms with E-state index in [0.29, 0.717) is 23.0 Å². The fourth-order valence-electron chi connectivity index (χ4n) is 2.95. The molecule has 0 atom stereocenters. The van der Waals surface area contributed by atoms with Crippen molar-refractivity contribution in [1.29, 1.82) is 0 Å². The standard InChI is InChI=1S/C23H25NO4S/c1-15(27-2)21(23(25)26)20-7-5-4-6-17(20)14-29-22(16-8-9-16)24-18-10-12-19(28-3)13-11-18/h4-7,10-13,16H,8-9,14H2,1-3H3,(H,25,26). The van der Waals surface area contributed by atoms with Crippen LogP contribution in [0, 0.1) is 5.92 Å². The molecule has 29 heavy (non-hydrogen) atoms. The monoisotopic (exact) mass is 411 g/mol. The molecular formula is C23H25NO4S. The minimum absolute atomic E-state index is 0.198. The third-order valence-corrected chi connectivity index (χ3v) is 5.95. The molecule has 152 valence electrons. The van der Waals surface area contributed by atoms with E-state index in [9.17, 15) is 9.90 Å². The van der Waals surface area contributed by atoms with Gasteiger partial charge in [0, 0.05) is 11.7 Å². The SMILES string of the molecule is COC(C)=C(C(=O)O)c1ccccc1CSC(=Nc1ccc(OC)cc1)C1CC1. The molecule has 1 N–H and O–H groups in total. The van der Waals surface area contributed by atoms with Crippen molar-refractivity contribution in [2.24, 2.45) is 10.9 Å². The normalized spacial score (nSPS) is 14.9. The summed E-state index contributed by atoms with van der Waals surface area (Å²) in [6.07, 6.45) is 2.29. The average molecular weight is 412 g/mol. The summed E-state index contributed by atoms with van der Waals surface area (Å²) in [5.74, 6) is 1.35. The third kappa shape index (κ3) is 5.41. The number of methoxy groups -OCH3 is 2. The van der Waals surface area contributed by atoms with Crippen molar-refractivity contribution in [1.82, 2.24) is 0 Å². The predicted molar refractivity (Wildman–Crippen MR) is 118 cm³/mol. The van der Waals surface area contributed by atoms with Gasteiger partial charge in [-0.05, 0) is 55.2 Å².